The van der Waals surface area contributed by atoms with E-state index in [0.29, 0.717) is 5.92 Å². The van der Waals surface area contributed by atoms with E-state index in [1.165, 1.54) is 5.57 Å². The molecular weight excluding hydrogens is 156 g/mol. The Morgan fingerprint density at radius 3 is 2.73 bits per heavy atom. The van der Waals surface area contributed by atoms with Gasteiger partial charge in [-0.25, -0.2) is 0 Å². The molecule has 58 valence electrons. The lowest BCUT2D eigenvalue weighted by molar-refractivity contribution is -0.104. The zero-order valence-electron chi connectivity index (χ0n) is 6.63. The first-order chi connectivity index (χ1) is 5.17. The average Bonchev–Trinajstić information content (AvgIpc) is 2.10. The van der Waals surface area contributed by atoms with E-state index in [1.807, 2.05) is 0 Å². The van der Waals surface area contributed by atoms with Crippen molar-refractivity contribution in [3.63, 3.8) is 0 Å². The second-order valence-corrected chi connectivity index (χ2v) is 4.81. The largest absolute Gasteiger partial charge is 0.297 e. The normalized spacial score (nSPS) is 40.4. The first kappa shape index (κ1) is 7.17. The van der Waals surface area contributed by atoms with Crippen LogP contribution in [0.15, 0.2) is 22.6 Å². The van der Waals surface area contributed by atoms with Crippen LogP contribution in [0.3, 0.4) is 0 Å². The van der Waals surface area contributed by atoms with E-state index in [1.54, 1.807) is 11.8 Å². The van der Waals surface area contributed by atoms with Crippen molar-refractivity contribution in [1.29, 1.82) is 0 Å². The SMILES string of the molecule is CC1=C(C=O)SC2(C)C=CC12. The van der Waals surface area contributed by atoms with E-state index < -0.39 is 0 Å². The smallest absolute Gasteiger partial charge is 0.156 e. The van der Waals surface area contributed by atoms with Crippen LogP contribution in [0.1, 0.15) is 13.8 Å². The summed E-state index contributed by atoms with van der Waals surface area (Å²) in [5.74, 6) is 0.521. The number of carbonyl (C=O) groups is 1. The van der Waals surface area contributed by atoms with Crippen molar-refractivity contribution in [3.8, 4) is 0 Å². The summed E-state index contributed by atoms with van der Waals surface area (Å²) in [5, 5.41) is 0. The number of allylic oxidation sites excluding steroid dienone is 3. The van der Waals surface area contributed by atoms with Crippen LogP contribution >= 0.6 is 11.8 Å². The monoisotopic (exact) mass is 166 g/mol. The second kappa shape index (κ2) is 2.01. The number of carbonyl (C=O) groups excluding carboxylic acids is 1. The summed E-state index contributed by atoms with van der Waals surface area (Å²) in [7, 11) is 0. The van der Waals surface area contributed by atoms with Crippen LogP contribution in [0.4, 0.5) is 0 Å². The maximum atomic E-state index is 10.6. The Morgan fingerprint density at radius 2 is 2.45 bits per heavy atom. The van der Waals surface area contributed by atoms with Gasteiger partial charge in [0.05, 0.1) is 0 Å². The van der Waals surface area contributed by atoms with Gasteiger partial charge in [0.15, 0.2) is 6.29 Å². The van der Waals surface area contributed by atoms with Gasteiger partial charge in [0.2, 0.25) is 0 Å². The van der Waals surface area contributed by atoms with Gasteiger partial charge in [0.25, 0.3) is 0 Å². The van der Waals surface area contributed by atoms with Crippen LogP contribution in [0.5, 0.6) is 0 Å². The first-order valence-electron chi connectivity index (χ1n) is 3.72. The van der Waals surface area contributed by atoms with E-state index in [-0.39, 0.29) is 4.75 Å². The van der Waals surface area contributed by atoms with Gasteiger partial charge in [0, 0.05) is 15.6 Å². The van der Waals surface area contributed by atoms with Gasteiger partial charge in [-0.2, -0.15) is 0 Å². The summed E-state index contributed by atoms with van der Waals surface area (Å²) in [5.41, 5.74) is 1.25. The van der Waals surface area contributed by atoms with Gasteiger partial charge < -0.3 is 0 Å². The van der Waals surface area contributed by atoms with Crippen molar-refractivity contribution >= 4 is 18.0 Å². The molecule has 1 nitrogen and oxygen atoms in total. The number of thioether (sulfide) groups is 1. The lowest BCUT2D eigenvalue weighted by Crippen LogP contribution is -2.31. The highest BCUT2D eigenvalue weighted by atomic mass is 32.2. The molecule has 2 rings (SSSR count). The summed E-state index contributed by atoms with van der Waals surface area (Å²) < 4.78 is 0.209. The molecule has 0 spiro atoms. The van der Waals surface area contributed by atoms with E-state index >= 15 is 0 Å². The zero-order valence-corrected chi connectivity index (χ0v) is 7.44. The summed E-state index contributed by atoms with van der Waals surface area (Å²) in [6.45, 7) is 4.23. The van der Waals surface area contributed by atoms with Crippen molar-refractivity contribution in [2.45, 2.75) is 18.6 Å². The predicted octanol–water partition coefficient (Wildman–Crippen LogP) is 2.15. The summed E-state index contributed by atoms with van der Waals surface area (Å²) in [4.78, 5) is 11.5. The minimum Gasteiger partial charge on any atom is -0.297 e. The van der Waals surface area contributed by atoms with Crippen LogP contribution in [0.2, 0.25) is 0 Å². The first-order valence-corrected chi connectivity index (χ1v) is 4.53. The topological polar surface area (TPSA) is 17.1 Å². The number of hydrogen-bond donors (Lipinski definition) is 0. The fourth-order valence-electron chi connectivity index (χ4n) is 1.72. The van der Waals surface area contributed by atoms with Gasteiger partial charge in [-0.05, 0) is 19.4 Å². The minimum atomic E-state index is 0.209. The van der Waals surface area contributed by atoms with E-state index in [9.17, 15) is 4.79 Å². The average molecular weight is 166 g/mol. The Labute approximate surface area is 70.6 Å². The number of aldehydes is 1. The van der Waals surface area contributed by atoms with Crippen LogP contribution in [-0.2, 0) is 4.79 Å². The fourth-order valence-corrected chi connectivity index (χ4v) is 3.06. The molecular formula is C9H10OS. The Morgan fingerprint density at radius 1 is 1.73 bits per heavy atom. The maximum absolute atomic E-state index is 10.6. The molecule has 11 heavy (non-hydrogen) atoms. The summed E-state index contributed by atoms with van der Waals surface area (Å²) >= 11 is 1.70. The molecule has 0 fully saturated rings. The Bertz CT molecular complexity index is 277. The Hall–Kier alpha value is -0.500. The van der Waals surface area contributed by atoms with Gasteiger partial charge in [-0.15, -0.1) is 11.8 Å². The van der Waals surface area contributed by atoms with Gasteiger partial charge in [-0.1, -0.05) is 12.2 Å². The number of rotatable bonds is 1. The summed E-state index contributed by atoms with van der Waals surface area (Å²) in [6, 6.07) is 0. The van der Waals surface area contributed by atoms with Crippen LogP contribution < -0.4 is 0 Å². The molecule has 1 aliphatic carbocycles. The molecule has 0 N–H and O–H groups in total. The molecule has 0 amide bonds. The molecule has 1 heterocycles. The highest BCUT2D eigenvalue weighted by Gasteiger charge is 2.45. The molecule has 2 heteroatoms. The maximum Gasteiger partial charge on any atom is 0.156 e. The third-order valence-electron chi connectivity index (χ3n) is 2.53. The third-order valence-corrected chi connectivity index (χ3v) is 4.00. The molecule has 0 radical (unpaired) electrons. The molecule has 0 aromatic carbocycles. The molecule has 0 aromatic rings. The zero-order chi connectivity index (χ0) is 8.06. The van der Waals surface area contributed by atoms with E-state index in [2.05, 4.69) is 26.0 Å². The molecule has 2 aliphatic rings. The van der Waals surface area contributed by atoms with Crippen molar-refractivity contribution in [2.75, 3.05) is 0 Å². The van der Waals surface area contributed by atoms with Crippen LogP contribution in [0.25, 0.3) is 0 Å². The third kappa shape index (κ3) is 0.761. The van der Waals surface area contributed by atoms with Crippen LogP contribution in [-0.4, -0.2) is 11.0 Å². The van der Waals surface area contributed by atoms with Crippen molar-refractivity contribution < 1.29 is 4.79 Å². The number of fused-ring (bicyclic) bond motifs is 1. The molecule has 2 unspecified atom stereocenters. The van der Waals surface area contributed by atoms with Gasteiger partial charge in [-0.3, -0.25) is 4.79 Å². The lowest BCUT2D eigenvalue weighted by atomic mass is 9.78. The van der Waals surface area contributed by atoms with Crippen molar-refractivity contribution in [1.82, 2.24) is 0 Å². The van der Waals surface area contributed by atoms with Gasteiger partial charge >= 0.3 is 0 Å². The van der Waals surface area contributed by atoms with E-state index in [4.69, 9.17) is 0 Å². The minimum absolute atomic E-state index is 0.209. The van der Waals surface area contributed by atoms with Crippen LogP contribution in [0, 0.1) is 5.92 Å². The standard InChI is InChI=1S/C9H10OS/c1-6-7-3-4-9(7,2)11-8(6)5-10/h3-5,7H,1-2H3. The molecule has 0 saturated carbocycles. The van der Waals surface area contributed by atoms with Crippen molar-refractivity contribution in [3.05, 3.63) is 22.6 Å². The Kier molecular flexibility index (Phi) is 1.31. The fraction of sp³-hybridized carbons (Fsp3) is 0.444. The van der Waals surface area contributed by atoms with Gasteiger partial charge in [0.1, 0.15) is 0 Å². The molecule has 0 aromatic heterocycles. The molecule has 0 bridgehead atoms. The van der Waals surface area contributed by atoms with Crippen molar-refractivity contribution in [2.24, 2.45) is 5.92 Å². The highest BCUT2D eigenvalue weighted by molar-refractivity contribution is 8.05. The number of hydrogen-bond acceptors (Lipinski definition) is 2. The predicted molar refractivity (Wildman–Crippen MR) is 47.4 cm³/mol. The highest BCUT2D eigenvalue weighted by Crippen LogP contribution is 2.55. The quantitative estimate of drug-likeness (QED) is 0.438. The molecule has 2 atom stereocenters. The van der Waals surface area contributed by atoms with E-state index in [0.717, 1.165) is 11.2 Å². The Balaban J connectivity index is 2.37. The second-order valence-electron chi connectivity index (χ2n) is 3.29. The molecule has 1 aliphatic heterocycles. The lowest BCUT2D eigenvalue weighted by Gasteiger charge is -2.34. The molecule has 0 saturated heterocycles. The summed E-state index contributed by atoms with van der Waals surface area (Å²) in [6.07, 6.45) is 5.34.